The average Bonchev–Trinajstić information content (AvgIpc) is 2.27. The fourth-order valence-corrected chi connectivity index (χ4v) is 2.84. The molecule has 18 heavy (non-hydrogen) atoms. The second-order valence-electron chi connectivity index (χ2n) is 5.35. The third-order valence-corrected chi connectivity index (χ3v) is 3.66. The largest absolute Gasteiger partial charge is 0.483 e. The van der Waals surface area contributed by atoms with Crippen molar-refractivity contribution in [2.75, 3.05) is 18.5 Å². The topological polar surface area (TPSA) is 25.4 Å². The molecule has 0 aliphatic carbocycles. The SMILES string of the molecule is CN1CC(C)(C)Oc2c1cnc1ccc(Br)cc21. The Kier molecular flexibility index (Phi) is 2.52. The van der Waals surface area contributed by atoms with Gasteiger partial charge in [-0.1, -0.05) is 15.9 Å². The van der Waals surface area contributed by atoms with Crippen LogP contribution in [-0.4, -0.2) is 24.2 Å². The van der Waals surface area contributed by atoms with Gasteiger partial charge in [0, 0.05) is 16.9 Å². The fourth-order valence-electron chi connectivity index (χ4n) is 2.47. The smallest absolute Gasteiger partial charge is 0.154 e. The summed E-state index contributed by atoms with van der Waals surface area (Å²) >= 11 is 3.51. The Bertz CT molecular complexity index is 624. The summed E-state index contributed by atoms with van der Waals surface area (Å²) in [6.45, 7) is 5.08. The summed E-state index contributed by atoms with van der Waals surface area (Å²) in [6, 6.07) is 6.07. The third-order valence-electron chi connectivity index (χ3n) is 3.17. The summed E-state index contributed by atoms with van der Waals surface area (Å²) in [5.74, 6) is 0.931. The van der Waals surface area contributed by atoms with Crippen molar-refractivity contribution in [1.29, 1.82) is 0 Å². The summed E-state index contributed by atoms with van der Waals surface area (Å²) in [7, 11) is 2.08. The Morgan fingerprint density at radius 1 is 1.39 bits per heavy atom. The first kappa shape index (κ1) is 11.8. The van der Waals surface area contributed by atoms with Crippen LogP contribution >= 0.6 is 15.9 Å². The van der Waals surface area contributed by atoms with E-state index in [0.717, 1.165) is 33.4 Å². The van der Waals surface area contributed by atoms with Crippen LogP contribution in [0.1, 0.15) is 13.8 Å². The number of hydrogen-bond donors (Lipinski definition) is 0. The zero-order chi connectivity index (χ0) is 12.9. The van der Waals surface area contributed by atoms with E-state index in [1.54, 1.807) is 0 Å². The number of benzene rings is 1. The number of rotatable bonds is 0. The van der Waals surface area contributed by atoms with E-state index >= 15 is 0 Å². The summed E-state index contributed by atoms with van der Waals surface area (Å²) in [4.78, 5) is 6.69. The molecule has 2 aromatic rings. The van der Waals surface area contributed by atoms with E-state index in [1.165, 1.54) is 0 Å². The van der Waals surface area contributed by atoms with Crippen molar-refractivity contribution in [3.63, 3.8) is 0 Å². The predicted octanol–water partition coefficient (Wildman–Crippen LogP) is 3.60. The molecule has 4 heteroatoms. The molecule has 2 heterocycles. The van der Waals surface area contributed by atoms with E-state index in [4.69, 9.17) is 4.74 Å². The standard InChI is InChI=1S/C14H15BrN2O/c1-14(2)8-17(3)12-7-16-11-5-4-9(15)6-10(11)13(12)18-14/h4-7H,8H2,1-3H3. The normalized spacial score (nSPS) is 17.4. The van der Waals surface area contributed by atoms with E-state index in [2.05, 4.69) is 52.8 Å². The highest BCUT2D eigenvalue weighted by molar-refractivity contribution is 9.10. The lowest BCUT2D eigenvalue weighted by Crippen LogP contribution is -2.45. The number of halogens is 1. The Balaban J connectivity index is 2.30. The van der Waals surface area contributed by atoms with Gasteiger partial charge in [0.1, 0.15) is 5.60 Å². The molecule has 0 radical (unpaired) electrons. The monoisotopic (exact) mass is 306 g/mol. The summed E-state index contributed by atoms with van der Waals surface area (Å²) in [5.41, 5.74) is 1.83. The van der Waals surface area contributed by atoms with Crippen molar-refractivity contribution < 1.29 is 4.74 Å². The van der Waals surface area contributed by atoms with Crippen molar-refractivity contribution in [3.8, 4) is 5.75 Å². The van der Waals surface area contributed by atoms with Gasteiger partial charge >= 0.3 is 0 Å². The Labute approximate surface area is 115 Å². The van der Waals surface area contributed by atoms with Gasteiger partial charge in [0.2, 0.25) is 0 Å². The highest BCUT2D eigenvalue weighted by Gasteiger charge is 2.31. The predicted molar refractivity (Wildman–Crippen MR) is 77.4 cm³/mol. The number of ether oxygens (including phenoxy) is 1. The molecule has 1 aromatic heterocycles. The second kappa shape index (κ2) is 3.85. The number of aromatic nitrogens is 1. The first-order chi connectivity index (χ1) is 8.46. The van der Waals surface area contributed by atoms with Gasteiger partial charge in [0.15, 0.2) is 5.75 Å². The maximum absolute atomic E-state index is 6.16. The molecule has 0 N–H and O–H groups in total. The minimum Gasteiger partial charge on any atom is -0.483 e. The first-order valence-electron chi connectivity index (χ1n) is 5.95. The molecule has 1 aliphatic heterocycles. The van der Waals surface area contributed by atoms with Crippen LogP contribution in [0.25, 0.3) is 10.9 Å². The molecule has 94 valence electrons. The van der Waals surface area contributed by atoms with Gasteiger partial charge in [0.25, 0.3) is 0 Å². The lowest BCUT2D eigenvalue weighted by molar-refractivity contribution is 0.109. The highest BCUT2D eigenvalue weighted by atomic mass is 79.9. The van der Waals surface area contributed by atoms with E-state index in [-0.39, 0.29) is 5.60 Å². The quantitative estimate of drug-likeness (QED) is 0.743. The van der Waals surface area contributed by atoms with Crippen LogP contribution in [0.3, 0.4) is 0 Å². The molecule has 0 atom stereocenters. The number of hydrogen-bond acceptors (Lipinski definition) is 3. The zero-order valence-electron chi connectivity index (χ0n) is 10.7. The van der Waals surface area contributed by atoms with Crippen molar-refractivity contribution in [2.24, 2.45) is 0 Å². The molecule has 3 nitrogen and oxygen atoms in total. The van der Waals surface area contributed by atoms with Crippen LogP contribution in [0.15, 0.2) is 28.9 Å². The highest BCUT2D eigenvalue weighted by Crippen LogP contribution is 2.41. The van der Waals surface area contributed by atoms with Crippen molar-refractivity contribution in [1.82, 2.24) is 4.98 Å². The maximum atomic E-state index is 6.16. The van der Waals surface area contributed by atoms with E-state index < -0.39 is 0 Å². The molecule has 0 amide bonds. The summed E-state index contributed by atoms with van der Waals surface area (Å²) in [5, 5.41) is 1.06. The molecule has 0 spiro atoms. The number of anilines is 1. The van der Waals surface area contributed by atoms with Gasteiger partial charge < -0.3 is 9.64 Å². The van der Waals surface area contributed by atoms with Crippen LogP contribution in [0.2, 0.25) is 0 Å². The van der Waals surface area contributed by atoms with E-state index in [9.17, 15) is 0 Å². The first-order valence-corrected chi connectivity index (χ1v) is 6.74. The Hall–Kier alpha value is -1.29. The van der Waals surface area contributed by atoms with Gasteiger partial charge in [-0.3, -0.25) is 4.98 Å². The van der Waals surface area contributed by atoms with Crippen LogP contribution in [0.4, 0.5) is 5.69 Å². The molecule has 1 aromatic carbocycles. The van der Waals surface area contributed by atoms with Gasteiger partial charge in [0.05, 0.1) is 23.9 Å². The minimum atomic E-state index is -0.182. The fraction of sp³-hybridized carbons (Fsp3) is 0.357. The Morgan fingerprint density at radius 2 is 2.17 bits per heavy atom. The number of nitrogens with zero attached hydrogens (tertiary/aromatic N) is 2. The van der Waals surface area contributed by atoms with Gasteiger partial charge in [-0.15, -0.1) is 0 Å². The van der Waals surface area contributed by atoms with Crippen molar-refractivity contribution in [3.05, 3.63) is 28.9 Å². The van der Waals surface area contributed by atoms with Crippen LogP contribution in [0, 0.1) is 0 Å². The molecule has 0 saturated carbocycles. The number of pyridine rings is 1. The molecule has 3 rings (SSSR count). The van der Waals surface area contributed by atoms with Crippen molar-refractivity contribution in [2.45, 2.75) is 19.4 Å². The maximum Gasteiger partial charge on any atom is 0.154 e. The van der Waals surface area contributed by atoms with Crippen LogP contribution in [0.5, 0.6) is 5.75 Å². The van der Waals surface area contributed by atoms with E-state index in [0.29, 0.717) is 0 Å². The molecule has 0 saturated heterocycles. The summed E-state index contributed by atoms with van der Waals surface area (Å²) in [6.07, 6.45) is 1.89. The summed E-state index contributed by atoms with van der Waals surface area (Å²) < 4.78 is 7.20. The van der Waals surface area contributed by atoms with Crippen LogP contribution < -0.4 is 9.64 Å². The molecular weight excluding hydrogens is 292 g/mol. The van der Waals surface area contributed by atoms with E-state index in [1.807, 2.05) is 18.3 Å². The van der Waals surface area contributed by atoms with Gasteiger partial charge in [-0.2, -0.15) is 0 Å². The molecule has 0 fully saturated rings. The lowest BCUT2D eigenvalue weighted by Gasteiger charge is -2.39. The average molecular weight is 307 g/mol. The lowest BCUT2D eigenvalue weighted by atomic mass is 10.0. The number of fused-ring (bicyclic) bond motifs is 3. The van der Waals surface area contributed by atoms with Crippen LogP contribution in [-0.2, 0) is 0 Å². The molecular formula is C14H15BrN2O. The number of likely N-dealkylation sites (N-methyl/N-ethyl adjacent to an activating group) is 1. The van der Waals surface area contributed by atoms with Crippen molar-refractivity contribution >= 4 is 32.5 Å². The third kappa shape index (κ3) is 1.85. The second-order valence-corrected chi connectivity index (χ2v) is 6.27. The molecule has 0 bridgehead atoms. The molecule has 1 aliphatic rings. The minimum absolute atomic E-state index is 0.182. The van der Waals surface area contributed by atoms with Gasteiger partial charge in [-0.05, 0) is 32.0 Å². The van der Waals surface area contributed by atoms with Gasteiger partial charge in [-0.25, -0.2) is 0 Å². The zero-order valence-corrected chi connectivity index (χ0v) is 12.3. The Morgan fingerprint density at radius 3 is 2.94 bits per heavy atom. The molecule has 0 unspecified atom stereocenters.